The van der Waals surface area contributed by atoms with Gasteiger partial charge < -0.3 is 15.2 Å². The number of aliphatic carboxylic acids is 1. The molecule has 3 rings (SSSR count). The lowest BCUT2D eigenvalue weighted by Gasteiger charge is -2.11. The molecule has 2 heterocycles. The van der Waals surface area contributed by atoms with Gasteiger partial charge in [-0.15, -0.1) is 0 Å². The van der Waals surface area contributed by atoms with Crippen LogP contribution in [0.5, 0.6) is 5.88 Å². The average molecular weight is 249 g/mol. The van der Waals surface area contributed by atoms with Crippen molar-refractivity contribution in [2.24, 2.45) is 0 Å². The number of ether oxygens (including phenoxy) is 1. The highest BCUT2D eigenvalue weighted by Gasteiger charge is 2.31. The van der Waals surface area contributed by atoms with Crippen LogP contribution in [0, 0.1) is 0 Å². The third-order valence-corrected chi connectivity index (χ3v) is 3.27. The number of aromatic nitrogens is 2. The molecule has 1 saturated heterocycles. The van der Waals surface area contributed by atoms with E-state index >= 15 is 0 Å². The summed E-state index contributed by atoms with van der Waals surface area (Å²) in [6.07, 6.45) is 4.34. The van der Waals surface area contributed by atoms with E-state index < -0.39 is 12.0 Å². The van der Waals surface area contributed by atoms with E-state index in [1.807, 2.05) is 0 Å². The summed E-state index contributed by atoms with van der Waals surface area (Å²) in [7, 11) is 0. The molecule has 2 unspecified atom stereocenters. The van der Waals surface area contributed by atoms with Gasteiger partial charge >= 0.3 is 5.97 Å². The summed E-state index contributed by atoms with van der Waals surface area (Å²) in [6.45, 7) is 0.541. The molecule has 2 fully saturated rings. The Bertz CT molecular complexity index is 462. The van der Waals surface area contributed by atoms with Crippen LogP contribution in [0.1, 0.15) is 31.0 Å². The highest BCUT2D eigenvalue weighted by molar-refractivity contribution is 5.73. The average Bonchev–Trinajstić information content (AvgIpc) is 3.10. The SMILES string of the molecule is O=C(O)C1CC(Oc2ccnc(C3CC3)n2)CN1. The second-order valence-electron chi connectivity index (χ2n) is 4.80. The van der Waals surface area contributed by atoms with Crippen LogP contribution in [0.2, 0.25) is 0 Å². The molecule has 2 aliphatic rings. The predicted molar refractivity (Wildman–Crippen MR) is 62.5 cm³/mol. The molecule has 2 atom stereocenters. The van der Waals surface area contributed by atoms with Crippen LogP contribution >= 0.6 is 0 Å². The molecule has 6 heteroatoms. The second-order valence-corrected chi connectivity index (χ2v) is 4.80. The number of carboxylic acids is 1. The number of carboxylic acid groups (broad SMARTS) is 1. The third-order valence-electron chi connectivity index (χ3n) is 3.27. The minimum absolute atomic E-state index is 0.131. The first kappa shape index (κ1) is 11.4. The predicted octanol–water partition coefficient (Wildman–Crippen LogP) is 0.548. The van der Waals surface area contributed by atoms with Crippen LogP contribution in [0.15, 0.2) is 12.3 Å². The Balaban J connectivity index is 1.62. The molecule has 0 spiro atoms. The summed E-state index contributed by atoms with van der Waals surface area (Å²) in [6, 6.07) is 1.21. The lowest BCUT2D eigenvalue weighted by atomic mass is 10.2. The molecule has 1 aliphatic carbocycles. The Labute approximate surface area is 104 Å². The van der Waals surface area contributed by atoms with E-state index in [0.29, 0.717) is 24.8 Å². The Morgan fingerprint density at radius 2 is 2.33 bits per heavy atom. The highest BCUT2D eigenvalue weighted by atomic mass is 16.5. The van der Waals surface area contributed by atoms with Crippen molar-refractivity contribution >= 4 is 5.97 Å². The third kappa shape index (κ3) is 2.43. The lowest BCUT2D eigenvalue weighted by molar-refractivity contribution is -0.139. The van der Waals surface area contributed by atoms with Crippen molar-refractivity contribution in [3.05, 3.63) is 18.1 Å². The van der Waals surface area contributed by atoms with Crippen LogP contribution in [0.3, 0.4) is 0 Å². The van der Waals surface area contributed by atoms with Gasteiger partial charge in [-0.05, 0) is 12.8 Å². The number of hydrogen-bond acceptors (Lipinski definition) is 5. The standard InChI is InChI=1S/C12H15N3O3/c16-12(17)9-5-8(6-14-9)18-10-3-4-13-11(15-10)7-1-2-7/h3-4,7-9,14H,1-2,5-6H2,(H,16,17). The first-order valence-electron chi connectivity index (χ1n) is 6.18. The van der Waals surface area contributed by atoms with Gasteiger partial charge in [0.25, 0.3) is 0 Å². The van der Waals surface area contributed by atoms with E-state index in [4.69, 9.17) is 9.84 Å². The monoisotopic (exact) mass is 249 g/mol. The second kappa shape index (κ2) is 4.53. The first-order chi connectivity index (χ1) is 8.72. The van der Waals surface area contributed by atoms with Gasteiger partial charge in [-0.1, -0.05) is 0 Å². The van der Waals surface area contributed by atoms with Crippen LogP contribution in [-0.4, -0.2) is 39.7 Å². The molecule has 1 saturated carbocycles. The molecule has 0 bridgehead atoms. The zero-order chi connectivity index (χ0) is 12.5. The maximum Gasteiger partial charge on any atom is 0.320 e. The van der Waals surface area contributed by atoms with Gasteiger partial charge in [-0.3, -0.25) is 4.79 Å². The molecule has 1 aromatic heterocycles. The quantitative estimate of drug-likeness (QED) is 0.810. The fourth-order valence-corrected chi connectivity index (χ4v) is 2.11. The largest absolute Gasteiger partial charge is 0.480 e. The summed E-state index contributed by atoms with van der Waals surface area (Å²) >= 11 is 0. The van der Waals surface area contributed by atoms with E-state index in [1.54, 1.807) is 12.3 Å². The van der Waals surface area contributed by atoms with Crippen LogP contribution in [0.4, 0.5) is 0 Å². The van der Waals surface area contributed by atoms with Crippen molar-refractivity contribution in [2.75, 3.05) is 6.54 Å². The van der Waals surface area contributed by atoms with Gasteiger partial charge in [-0.2, -0.15) is 4.98 Å². The number of hydrogen-bond donors (Lipinski definition) is 2. The minimum Gasteiger partial charge on any atom is -0.480 e. The lowest BCUT2D eigenvalue weighted by Crippen LogP contribution is -2.30. The Morgan fingerprint density at radius 1 is 1.50 bits per heavy atom. The van der Waals surface area contributed by atoms with Crippen molar-refractivity contribution < 1.29 is 14.6 Å². The van der Waals surface area contributed by atoms with Crippen LogP contribution in [-0.2, 0) is 4.79 Å². The normalized spacial score (nSPS) is 27.1. The first-order valence-corrected chi connectivity index (χ1v) is 6.18. The van der Waals surface area contributed by atoms with Crippen LogP contribution in [0.25, 0.3) is 0 Å². The number of nitrogens with one attached hydrogen (secondary N) is 1. The van der Waals surface area contributed by atoms with Crippen LogP contribution < -0.4 is 10.1 Å². The zero-order valence-electron chi connectivity index (χ0n) is 9.87. The summed E-state index contributed by atoms with van der Waals surface area (Å²) in [5, 5.41) is 11.8. The van der Waals surface area contributed by atoms with E-state index in [2.05, 4.69) is 15.3 Å². The highest BCUT2D eigenvalue weighted by Crippen LogP contribution is 2.38. The van der Waals surface area contributed by atoms with Gasteiger partial charge in [0.1, 0.15) is 18.0 Å². The molecule has 0 amide bonds. The van der Waals surface area contributed by atoms with Crippen molar-refractivity contribution in [2.45, 2.75) is 37.3 Å². The molecule has 18 heavy (non-hydrogen) atoms. The maximum atomic E-state index is 10.8. The molecule has 96 valence electrons. The van der Waals surface area contributed by atoms with Crippen molar-refractivity contribution in [1.29, 1.82) is 0 Å². The number of carbonyl (C=O) groups is 1. The molecule has 0 aromatic carbocycles. The van der Waals surface area contributed by atoms with Crippen molar-refractivity contribution in [3.63, 3.8) is 0 Å². The number of rotatable bonds is 4. The van der Waals surface area contributed by atoms with E-state index in [9.17, 15) is 4.79 Å². The van der Waals surface area contributed by atoms with Crippen molar-refractivity contribution in [3.8, 4) is 5.88 Å². The summed E-state index contributed by atoms with van der Waals surface area (Å²) < 4.78 is 5.70. The molecule has 0 radical (unpaired) electrons. The number of nitrogens with zero attached hydrogens (tertiary/aromatic N) is 2. The molecular formula is C12H15N3O3. The molecule has 6 nitrogen and oxygen atoms in total. The Morgan fingerprint density at radius 3 is 3.00 bits per heavy atom. The van der Waals surface area contributed by atoms with E-state index in [-0.39, 0.29) is 6.10 Å². The smallest absolute Gasteiger partial charge is 0.320 e. The molecular weight excluding hydrogens is 234 g/mol. The summed E-state index contributed by atoms with van der Waals surface area (Å²) in [4.78, 5) is 19.4. The van der Waals surface area contributed by atoms with E-state index in [1.165, 1.54) is 0 Å². The fourth-order valence-electron chi connectivity index (χ4n) is 2.11. The van der Waals surface area contributed by atoms with Gasteiger partial charge in [-0.25, -0.2) is 4.98 Å². The van der Waals surface area contributed by atoms with Gasteiger partial charge in [0.05, 0.1) is 0 Å². The van der Waals surface area contributed by atoms with E-state index in [0.717, 1.165) is 18.7 Å². The molecule has 1 aromatic rings. The zero-order valence-corrected chi connectivity index (χ0v) is 9.87. The summed E-state index contributed by atoms with van der Waals surface area (Å²) in [5.74, 6) is 1.04. The Hall–Kier alpha value is -1.69. The maximum absolute atomic E-state index is 10.8. The van der Waals surface area contributed by atoms with Crippen molar-refractivity contribution in [1.82, 2.24) is 15.3 Å². The minimum atomic E-state index is -0.831. The molecule has 1 aliphatic heterocycles. The topological polar surface area (TPSA) is 84.3 Å². The van der Waals surface area contributed by atoms with Gasteiger partial charge in [0.2, 0.25) is 5.88 Å². The van der Waals surface area contributed by atoms with Gasteiger partial charge in [0.15, 0.2) is 0 Å². The summed E-state index contributed by atoms with van der Waals surface area (Å²) in [5.41, 5.74) is 0. The fraction of sp³-hybridized carbons (Fsp3) is 0.583. The molecule has 2 N–H and O–H groups in total. The Kier molecular flexibility index (Phi) is 2.87. The van der Waals surface area contributed by atoms with Gasteiger partial charge in [0, 0.05) is 31.1 Å².